The molecule has 0 saturated carbocycles. The van der Waals surface area contributed by atoms with E-state index in [2.05, 4.69) is 60.1 Å². The van der Waals surface area contributed by atoms with Crippen LogP contribution in [0.1, 0.15) is 0 Å². The summed E-state index contributed by atoms with van der Waals surface area (Å²) in [5.74, 6) is 1.11. The number of rotatable bonds is 2. The summed E-state index contributed by atoms with van der Waals surface area (Å²) in [5, 5.41) is 9.67. The molecule has 0 radical (unpaired) electrons. The Labute approximate surface area is 159 Å². The summed E-state index contributed by atoms with van der Waals surface area (Å²) in [6.07, 6.45) is 4.44. The molecule has 2 rings (SSSR count). The molecule has 2 aromatic rings. The molecule has 0 atom stereocenters. The van der Waals surface area contributed by atoms with Crippen LogP contribution in [0.3, 0.4) is 0 Å². The highest BCUT2D eigenvalue weighted by Crippen LogP contribution is 2.21. The van der Waals surface area contributed by atoms with Crippen molar-refractivity contribution in [2.75, 3.05) is 12.3 Å². The van der Waals surface area contributed by atoms with Crippen LogP contribution in [-0.4, -0.2) is 27.9 Å². The summed E-state index contributed by atoms with van der Waals surface area (Å²) < 4.78 is 1.75. The molecular weight excluding hydrogens is 541 g/mol. The number of anilines is 1. The minimum absolute atomic E-state index is 0.0829. The van der Waals surface area contributed by atoms with Crippen molar-refractivity contribution in [1.29, 1.82) is 0 Å². The molecule has 0 bridgehead atoms. The minimum atomic E-state index is -0.0829. The van der Waals surface area contributed by atoms with Crippen molar-refractivity contribution in [3.63, 3.8) is 0 Å². The first-order chi connectivity index (χ1) is 9.93. The Morgan fingerprint density at radius 2 is 1.71 bits per heavy atom. The van der Waals surface area contributed by atoms with Gasteiger partial charge in [0.05, 0.1) is 23.8 Å². The predicted octanol–water partition coefficient (Wildman–Crippen LogP) is 3.96. The normalized spacial score (nSPS) is 10.3. The Kier molecular flexibility index (Phi) is 8.71. The molecule has 5 nitrogen and oxygen atoms in total. The Morgan fingerprint density at radius 1 is 1.14 bits per heavy atom. The molecule has 21 heavy (non-hydrogen) atoms. The van der Waals surface area contributed by atoms with Gasteiger partial charge in [0.15, 0.2) is 5.82 Å². The molecule has 0 aliphatic rings. The summed E-state index contributed by atoms with van der Waals surface area (Å²) in [7, 11) is 0. The summed E-state index contributed by atoms with van der Waals surface area (Å²) in [4.78, 5) is 11.7. The Morgan fingerprint density at radius 3 is 2.19 bits per heavy atom. The number of nitrogen functional groups attached to an aromatic ring is 1. The molecule has 9 heteroatoms. The molecule has 0 saturated heterocycles. The molecule has 0 unspecified atom stereocenters. The lowest BCUT2D eigenvalue weighted by Crippen LogP contribution is -1.91. The van der Waals surface area contributed by atoms with E-state index in [0.717, 1.165) is 7.14 Å². The van der Waals surface area contributed by atoms with Gasteiger partial charge in [0.1, 0.15) is 5.82 Å². The van der Waals surface area contributed by atoms with Crippen LogP contribution in [0.15, 0.2) is 29.5 Å². The lowest BCUT2D eigenvalue weighted by molar-refractivity contribution is 0.361. The number of hydrogen-bond donors (Lipinski definition) is 2. The molecule has 112 valence electrons. The number of hydrogen-bond acceptors (Lipinski definition) is 5. The smallest absolute Gasteiger partial charge is 0.165 e. The van der Waals surface area contributed by atoms with Crippen LogP contribution >= 0.6 is 68.4 Å². The molecule has 0 fully saturated rings. The highest BCUT2D eigenvalue weighted by Gasteiger charge is 1.98. The van der Waals surface area contributed by atoms with Crippen molar-refractivity contribution < 1.29 is 5.11 Å². The predicted molar refractivity (Wildman–Crippen MR) is 104 cm³/mol. The van der Waals surface area contributed by atoms with Gasteiger partial charge in [0.25, 0.3) is 0 Å². The summed E-state index contributed by atoms with van der Waals surface area (Å²) in [6, 6.07) is 3.53. The number of nitrogens with two attached hydrogens (primary N) is 1. The van der Waals surface area contributed by atoms with Crippen molar-refractivity contribution >= 4 is 86.2 Å². The highest BCUT2D eigenvalue weighted by atomic mass is 127. The van der Waals surface area contributed by atoms with Gasteiger partial charge in [-0.15, -0.1) is 0 Å². The largest absolute Gasteiger partial charge is 0.391 e. The Bertz CT molecular complexity index is 641. The van der Waals surface area contributed by atoms with Gasteiger partial charge in [-0.2, -0.15) is 0 Å². The second-order valence-electron chi connectivity index (χ2n) is 3.47. The van der Waals surface area contributed by atoms with Crippen LogP contribution in [0, 0.1) is 7.14 Å². The molecule has 0 aliphatic heterocycles. The van der Waals surface area contributed by atoms with Gasteiger partial charge in [0, 0.05) is 18.6 Å². The fraction of sp³-hybridized carbons (Fsp3) is 0.0833. The first-order valence-electron chi connectivity index (χ1n) is 5.45. The third kappa shape index (κ3) is 7.04. The van der Waals surface area contributed by atoms with Crippen molar-refractivity contribution in [1.82, 2.24) is 9.97 Å². The zero-order valence-corrected chi connectivity index (χ0v) is 16.3. The van der Waals surface area contributed by atoms with Crippen LogP contribution in [0.5, 0.6) is 0 Å². The van der Waals surface area contributed by atoms with E-state index in [4.69, 9.17) is 34.0 Å². The van der Waals surface area contributed by atoms with E-state index in [9.17, 15) is 0 Å². The van der Waals surface area contributed by atoms with Gasteiger partial charge in [-0.25, -0.2) is 15.0 Å². The van der Waals surface area contributed by atoms with E-state index in [1.807, 2.05) is 0 Å². The topological polar surface area (TPSA) is 84.4 Å². The maximum Gasteiger partial charge on any atom is 0.165 e. The number of nitrogens with zero attached hydrogens (tertiary/aromatic N) is 3. The molecule has 2 aromatic heterocycles. The maximum absolute atomic E-state index is 8.47. The molecule has 3 N–H and O–H groups in total. The number of aliphatic hydroxyl groups excluding tert-OH is 1. The lowest BCUT2D eigenvalue weighted by Gasteiger charge is -1.96. The number of aliphatic hydroxyl groups is 1. The van der Waals surface area contributed by atoms with Crippen molar-refractivity contribution in [2.45, 2.75) is 0 Å². The van der Waals surface area contributed by atoms with Gasteiger partial charge < -0.3 is 10.8 Å². The number of pyridine rings is 2. The van der Waals surface area contributed by atoms with E-state index in [1.165, 1.54) is 18.6 Å². The summed E-state index contributed by atoms with van der Waals surface area (Å²) in [6.45, 7) is -0.0829. The van der Waals surface area contributed by atoms with Gasteiger partial charge in [-0.1, -0.05) is 23.2 Å². The van der Waals surface area contributed by atoms with Crippen molar-refractivity contribution in [3.05, 3.63) is 41.7 Å². The van der Waals surface area contributed by atoms with Gasteiger partial charge >= 0.3 is 0 Å². The van der Waals surface area contributed by atoms with E-state index in [1.54, 1.807) is 12.1 Å². The molecule has 2 heterocycles. The zero-order chi connectivity index (χ0) is 15.8. The highest BCUT2D eigenvalue weighted by molar-refractivity contribution is 14.1. The Hall–Kier alpha value is -0.230. The van der Waals surface area contributed by atoms with Crippen LogP contribution in [0.2, 0.25) is 10.0 Å². The third-order valence-corrected chi connectivity index (χ3v) is 3.99. The summed E-state index contributed by atoms with van der Waals surface area (Å²) in [5.41, 5.74) is 5.41. The van der Waals surface area contributed by atoms with Crippen molar-refractivity contribution in [3.8, 4) is 0 Å². The van der Waals surface area contributed by atoms with Crippen LogP contribution in [0.4, 0.5) is 11.6 Å². The Balaban J connectivity index is 0.000000219. The van der Waals surface area contributed by atoms with Crippen molar-refractivity contribution in [2.24, 2.45) is 4.99 Å². The third-order valence-electron chi connectivity index (χ3n) is 1.92. The number of halogens is 4. The molecular formula is C12H10Cl2I2N4O. The van der Waals surface area contributed by atoms with E-state index in [0.29, 0.717) is 21.7 Å². The second-order valence-corrected chi connectivity index (χ2v) is 6.67. The first kappa shape index (κ1) is 18.8. The molecule has 0 aliphatic carbocycles. The maximum atomic E-state index is 8.47. The van der Waals surface area contributed by atoms with Crippen LogP contribution in [0.25, 0.3) is 0 Å². The van der Waals surface area contributed by atoms with Gasteiger partial charge in [-0.05, 0) is 57.3 Å². The average molecular weight is 551 g/mol. The molecule has 0 amide bonds. The quantitative estimate of drug-likeness (QED) is 0.438. The van der Waals surface area contributed by atoms with Gasteiger partial charge in [0.2, 0.25) is 0 Å². The molecule has 0 aromatic carbocycles. The lowest BCUT2D eigenvalue weighted by atomic mass is 10.5. The molecule has 0 spiro atoms. The van der Waals surface area contributed by atoms with E-state index in [-0.39, 0.29) is 6.61 Å². The summed E-state index contributed by atoms with van der Waals surface area (Å²) >= 11 is 15.4. The van der Waals surface area contributed by atoms with E-state index < -0.39 is 0 Å². The standard InChI is InChI=1S/C7H6ClIN2O.C5H4ClIN2/c8-5-3-6(9)7(11-4-5)10-1-2-12;6-3-1-4(7)5(8)9-2-3/h1,3-4,12H,2H2;1-2H,(H2,8,9). The average Bonchev–Trinajstić information content (AvgIpc) is 2.43. The van der Waals surface area contributed by atoms with Gasteiger partial charge in [-0.3, -0.25) is 0 Å². The zero-order valence-electron chi connectivity index (χ0n) is 10.5. The van der Waals surface area contributed by atoms with E-state index >= 15 is 0 Å². The van der Waals surface area contributed by atoms with Crippen LogP contribution in [-0.2, 0) is 0 Å². The second kappa shape index (κ2) is 9.72. The minimum Gasteiger partial charge on any atom is -0.391 e. The number of aromatic nitrogens is 2. The monoisotopic (exact) mass is 550 g/mol. The first-order valence-corrected chi connectivity index (χ1v) is 8.36. The fourth-order valence-electron chi connectivity index (χ4n) is 1.05. The number of aliphatic imine (C=N–C) groups is 1. The van der Waals surface area contributed by atoms with Crippen LogP contribution < -0.4 is 5.73 Å². The SMILES string of the molecule is Nc1ncc(Cl)cc1I.OCC=Nc1ncc(Cl)cc1I. The fourth-order valence-corrected chi connectivity index (χ4v) is 2.83.